The summed E-state index contributed by atoms with van der Waals surface area (Å²) in [5.41, 5.74) is 2.54. The summed E-state index contributed by atoms with van der Waals surface area (Å²) < 4.78 is 10.9. The van der Waals surface area contributed by atoms with E-state index >= 15 is 0 Å². The fourth-order valence-electron chi connectivity index (χ4n) is 2.33. The van der Waals surface area contributed by atoms with Crippen LogP contribution in [-0.2, 0) is 4.74 Å². The quantitative estimate of drug-likeness (QED) is 0.789. The lowest BCUT2D eigenvalue weighted by atomic mass is 9.91. The summed E-state index contributed by atoms with van der Waals surface area (Å²) in [5, 5.41) is 0. The van der Waals surface area contributed by atoms with Crippen molar-refractivity contribution in [1.82, 2.24) is 0 Å². The Morgan fingerprint density at radius 3 is 2.71 bits per heavy atom. The van der Waals surface area contributed by atoms with Crippen LogP contribution < -0.4 is 4.74 Å². The Hall–Kier alpha value is -0.540. The number of aryl methyl sites for hydroxylation is 1. The second-order valence-electron chi connectivity index (χ2n) is 4.60. The van der Waals surface area contributed by atoms with Crippen LogP contribution in [-0.4, -0.2) is 20.3 Å². The lowest BCUT2D eigenvalue weighted by Gasteiger charge is -2.27. The molecule has 0 spiro atoms. The molecule has 3 heteroatoms. The predicted octanol–water partition coefficient (Wildman–Crippen LogP) is 3.87. The molecule has 0 bridgehead atoms. The lowest BCUT2D eigenvalue weighted by Crippen LogP contribution is -2.19. The van der Waals surface area contributed by atoms with Crippen LogP contribution in [0.25, 0.3) is 0 Å². The third-order valence-electron chi connectivity index (χ3n) is 3.36. The van der Waals surface area contributed by atoms with E-state index in [2.05, 4.69) is 41.1 Å². The van der Waals surface area contributed by atoms with E-state index < -0.39 is 0 Å². The molecule has 0 saturated carbocycles. The summed E-state index contributed by atoms with van der Waals surface area (Å²) in [4.78, 5) is 0.362. The van der Waals surface area contributed by atoms with E-state index in [1.807, 2.05) is 0 Å². The van der Waals surface area contributed by atoms with Crippen molar-refractivity contribution in [3.05, 3.63) is 29.3 Å². The first-order chi connectivity index (χ1) is 8.22. The van der Waals surface area contributed by atoms with Gasteiger partial charge in [0.2, 0.25) is 0 Å². The topological polar surface area (TPSA) is 18.5 Å². The second-order valence-corrected chi connectivity index (χ2v) is 5.58. The van der Waals surface area contributed by atoms with Gasteiger partial charge in [-0.2, -0.15) is 0 Å². The number of benzene rings is 1. The molecule has 0 amide bonds. The standard InChI is InChI=1S/C14H19BrO2/c1-10-3-4-13(16-2)12(9-10)14(15)11-5-7-17-8-6-11/h3-4,9,11,14H,5-8H2,1-2H3. The van der Waals surface area contributed by atoms with Crippen molar-refractivity contribution in [3.8, 4) is 5.75 Å². The summed E-state index contributed by atoms with van der Waals surface area (Å²) in [6.07, 6.45) is 2.24. The molecule has 1 saturated heterocycles. The molecule has 0 N–H and O–H groups in total. The molecule has 0 radical (unpaired) electrons. The molecule has 1 aliphatic heterocycles. The van der Waals surface area contributed by atoms with Crippen LogP contribution in [0, 0.1) is 12.8 Å². The number of halogens is 1. The highest BCUT2D eigenvalue weighted by molar-refractivity contribution is 9.09. The van der Waals surface area contributed by atoms with Crippen LogP contribution in [0.3, 0.4) is 0 Å². The summed E-state index contributed by atoms with van der Waals surface area (Å²) in [6, 6.07) is 6.36. The van der Waals surface area contributed by atoms with Crippen LogP contribution >= 0.6 is 15.9 Å². The Morgan fingerprint density at radius 2 is 2.06 bits per heavy atom. The SMILES string of the molecule is COc1ccc(C)cc1C(Br)C1CCOCC1. The Bertz CT molecular complexity index is 372. The number of rotatable bonds is 3. The van der Waals surface area contributed by atoms with Crippen LogP contribution in [0.4, 0.5) is 0 Å². The summed E-state index contributed by atoms with van der Waals surface area (Å²) in [7, 11) is 1.73. The van der Waals surface area contributed by atoms with Crippen molar-refractivity contribution in [1.29, 1.82) is 0 Å². The van der Waals surface area contributed by atoms with Crippen LogP contribution in [0.15, 0.2) is 18.2 Å². The maximum absolute atomic E-state index is 5.45. The summed E-state index contributed by atoms with van der Waals surface area (Å²) in [6.45, 7) is 3.87. The molecule has 17 heavy (non-hydrogen) atoms. The fraction of sp³-hybridized carbons (Fsp3) is 0.571. The first-order valence-electron chi connectivity index (χ1n) is 6.08. The van der Waals surface area contributed by atoms with Gasteiger partial charge in [0.1, 0.15) is 5.75 Å². The molecule has 0 aliphatic carbocycles. The first-order valence-corrected chi connectivity index (χ1v) is 7.00. The molecule has 2 nitrogen and oxygen atoms in total. The van der Waals surface area contributed by atoms with Crippen molar-refractivity contribution in [3.63, 3.8) is 0 Å². The number of hydrogen-bond donors (Lipinski definition) is 0. The van der Waals surface area contributed by atoms with E-state index in [-0.39, 0.29) is 0 Å². The Balaban J connectivity index is 2.21. The van der Waals surface area contributed by atoms with E-state index in [0.29, 0.717) is 10.7 Å². The molecule has 1 unspecified atom stereocenters. The van der Waals surface area contributed by atoms with E-state index in [1.54, 1.807) is 7.11 Å². The van der Waals surface area contributed by atoms with Gasteiger partial charge < -0.3 is 9.47 Å². The van der Waals surface area contributed by atoms with E-state index in [1.165, 1.54) is 11.1 Å². The minimum atomic E-state index is 0.362. The van der Waals surface area contributed by atoms with Gasteiger partial charge in [-0.1, -0.05) is 33.6 Å². The third-order valence-corrected chi connectivity index (χ3v) is 4.60. The number of alkyl halides is 1. The van der Waals surface area contributed by atoms with E-state index in [9.17, 15) is 0 Å². The van der Waals surface area contributed by atoms with Gasteiger partial charge in [0, 0.05) is 23.6 Å². The molecular weight excluding hydrogens is 280 g/mol. The monoisotopic (exact) mass is 298 g/mol. The van der Waals surface area contributed by atoms with E-state index in [0.717, 1.165) is 31.8 Å². The molecular formula is C14H19BrO2. The van der Waals surface area contributed by atoms with Gasteiger partial charge in [-0.15, -0.1) is 0 Å². The van der Waals surface area contributed by atoms with Gasteiger partial charge in [0.05, 0.1) is 7.11 Å². The number of methoxy groups -OCH3 is 1. The molecule has 94 valence electrons. The van der Waals surface area contributed by atoms with Gasteiger partial charge in [-0.05, 0) is 31.7 Å². The Kier molecular flexibility index (Phi) is 4.46. The minimum Gasteiger partial charge on any atom is -0.496 e. The maximum Gasteiger partial charge on any atom is 0.123 e. The predicted molar refractivity (Wildman–Crippen MR) is 72.9 cm³/mol. The molecule has 1 aliphatic rings. The van der Waals surface area contributed by atoms with Gasteiger partial charge in [0.15, 0.2) is 0 Å². The number of ether oxygens (including phenoxy) is 2. The average molecular weight is 299 g/mol. The molecule has 1 aromatic rings. The summed E-state index contributed by atoms with van der Waals surface area (Å²) in [5.74, 6) is 1.61. The maximum atomic E-state index is 5.45. The Morgan fingerprint density at radius 1 is 1.35 bits per heavy atom. The highest BCUT2D eigenvalue weighted by atomic mass is 79.9. The van der Waals surface area contributed by atoms with Crippen LogP contribution in [0.2, 0.25) is 0 Å². The molecule has 1 fully saturated rings. The second kappa shape index (κ2) is 5.87. The van der Waals surface area contributed by atoms with Crippen LogP contribution in [0.1, 0.15) is 28.8 Å². The normalized spacial score (nSPS) is 19.0. The average Bonchev–Trinajstić information content (AvgIpc) is 2.39. The van der Waals surface area contributed by atoms with Crippen LogP contribution in [0.5, 0.6) is 5.75 Å². The largest absolute Gasteiger partial charge is 0.496 e. The molecule has 1 heterocycles. The third kappa shape index (κ3) is 3.02. The zero-order valence-electron chi connectivity index (χ0n) is 10.4. The van der Waals surface area contributed by atoms with Gasteiger partial charge in [0.25, 0.3) is 0 Å². The highest BCUT2D eigenvalue weighted by Crippen LogP contribution is 2.41. The molecule has 2 rings (SSSR count). The Labute approximate surface area is 111 Å². The van der Waals surface area contributed by atoms with Crippen molar-refractivity contribution >= 4 is 15.9 Å². The van der Waals surface area contributed by atoms with Crippen molar-refractivity contribution in [2.24, 2.45) is 5.92 Å². The molecule has 1 atom stereocenters. The van der Waals surface area contributed by atoms with Gasteiger partial charge in [-0.25, -0.2) is 0 Å². The first kappa shape index (κ1) is 12.9. The molecule has 1 aromatic carbocycles. The highest BCUT2D eigenvalue weighted by Gasteiger charge is 2.25. The lowest BCUT2D eigenvalue weighted by molar-refractivity contribution is 0.0660. The van der Waals surface area contributed by atoms with E-state index in [4.69, 9.17) is 9.47 Å². The molecule has 0 aromatic heterocycles. The van der Waals surface area contributed by atoms with Gasteiger partial charge in [-0.3, -0.25) is 0 Å². The van der Waals surface area contributed by atoms with Crippen molar-refractivity contribution in [2.45, 2.75) is 24.6 Å². The van der Waals surface area contributed by atoms with Crippen molar-refractivity contribution in [2.75, 3.05) is 20.3 Å². The zero-order valence-corrected chi connectivity index (χ0v) is 12.0. The number of hydrogen-bond acceptors (Lipinski definition) is 2. The summed E-state index contributed by atoms with van der Waals surface area (Å²) >= 11 is 3.84. The van der Waals surface area contributed by atoms with Crippen molar-refractivity contribution < 1.29 is 9.47 Å². The van der Waals surface area contributed by atoms with Gasteiger partial charge >= 0.3 is 0 Å². The minimum absolute atomic E-state index is 0.362. The smallest absolute Gasteiger partial charge is 0.123 e. The fourth-order valence-corrected chi connectivity index (χ4v) is 3.22. The zero-order chi connectivity index (χ0) is 12.3.